The molecule has 0 saturated heterocycles. The van der Waals surface area contributed by atoms with Crippen LogP contribution in [0.3, 0.4) is 0 Å². The van der Waals surface area contributed by atoms with Crippen molar-refractivity contribution in [2.24, 2.45) is 5.92 Å². The predicted octanol–water partition coefficient (Wildman–Crippen LogP) is 3.91. The number of rotatable bonds is 6. The van der Waals surface area contributed by atoms with E-state index in [0.29, 0.717) is 16.9 Å². The van der Waals surface area contributed by atoms with Gasteiger partial charge in [-0.3, -0.25) is 9.78 Å². The summed E-state index contributed by atoms with van der Waals surface area (Å²) in [6.07, 6.45) is 3.62. The van der Waals surface area contributed by atoms with Crippen molar-refractivity contribution in [1.82, 2.24) is 9.97 Å². The minimum Gasteiger partial charge on any atom is -0.456 e. The summed E-state index contributed by atoms with van der Waals surface area (Å²) < 4.78 is 5.33. The van der Waals surface area contributed by atoms with Crippen LogP contribution in [-0.2, 0) is 16.1 Å². The largest absolute Gasteiger partial charge is 0.456 e. The number of nitrogens with one attached hydrogen (secondary N) is 1. The Kier molecular flexibility index (Phi) is 4.93. The van der Waals surface area contributed by atoms with Crippen molar-refractivity contribution in [2.45, 2.75) is 19.4 Å². The second-order valence-corrected chi connectivity index (χ2v) is 7.13. The molecular formula is C20H17N3O3S. The normalized spacial score (nSPS) is 13.2. The molecule has 0 bridgehead atoms. The molecule has 1 aliphatic rings. The van der Waals surface area contributed by atoms with Crippen molar-refractivity contribution >= 4 is 28.9 Å². The van der Waals surface area contributed by atoms with Crippen molar-refractivity contribution in [3.05, 3.63) is 65.3 Å². The molecule has 0 atom stereocenters. The fraction of sp³-hybridized carbons (Fsp3) is 0.200. The molecule has 1 aromatic carbocycles. The predicted molar refractivity (Wildman–Crippen MR) is 102 cm³/mol. The Balaban J connectivity index is 1.32. The number of esters is 1. The fourth-order valence-electron chi connectivity index (χ4n) is 2.48. The first-order valence-corrected chi connectivity index (χ1v) is 9.51. The van der Waals surface area contributed by atoms with Crippen LogP contribution in [0, 0.1) is 5.92 Å². The molecule has 27 heavy (non-hydrogen) atoms. The molecule has 1 N–H and O–H groups in total. The summed E-state index contributed by atoms with van der Waals surface area (Å²) in [6.45, 7) is 0.0995. The highest BCUT2D eigenvalue weighted by atomic mass is 32.1. The van der Waals surface area contributed by atoms with Crippen LogP contribution < -0.4 is 5.32 Å². The molecule has 2 heterocycles. The quantitative estimate of drug-likeness (QED) is 0.657. The first kappa shape index (κ1) is 17.4. The maximum absolute atomic E-state index is 12.2. The van der Waals surface area contributed by atoms with E-state index in [0.717, 1.165) is 23.5 Å². The van der Waals surface area contributed by atoms with E-state index in [1.165, 1.54) is 11.3 Å². The molecular weight excluding hydrogens is 362 g/mol. The molecule has 0 unspecified atom stereocenters. The van der Waals surface area contributed by atoms with Gasteiger partial charge in [0.05, 0.1) is 17.0 Å². The van der Waals surface area contributed by atoms with Gasteiger partial charge in [0, 0.05) is 23.2 Å². The van der Waals surface area contributed by atoms with Crippen LogP contribution in [0.25, 0.3) is 10.7 Å². The standard InChI is InChI=1S/C20H17N3O3S/c24-18(13-4-5-13)22-15-8-6-14(7-9-15)20(25)26-11-16-12-27-19(23-16)17-3-1-2-10-21-17/h1-3,6-10,12-13H,4-5,11H2,(H,22,24). The van der Waals surface area contributed by atoms with Crippen molar-refractivity contribution in [1.29, 1.82) is 0 Å². The number of benzene rings is 1. The summed E-state index contributed by atoms with van der Waals surface area (Å²) in [5.41, 5.74) is 2.59. The second-order valence-electron chi connectivity index (χ2n) is 6.28. The fourth-order valence-corrected chi connectivity index (χ4v) is 3.26. The molecule has 2 aromatic heterocycles. The number of hydrogen-bond acceptors (Lipinski definition) is 6. The Morgan fingerprint density at radius 1 is 1.15 bits per heavy atom. The van der Waals surface area contributed by atoms with E-state index in [4.69, 9.17) is 4.74 Å². The third-order valence-corrected chi connectivity index (χ3v) is 5.04. The van der Waals surface area contributed by atoms with Gasteiger partial charge in [0.2, 0.25) is 5.91 Å². The lowest BCUT2D eigenvalue weighted by atomic mass is 10.2. The summed E-state index contributed by atoms with van der Waals surface area (Å²) >= 11 is 1.46. The molecule has 1 fully saturated rings. The van der Waals surface area contributed by atoms with Gasteiger partial charge in [0.15, 0.2) is 0 Å². The average molecular weight is 379 g/mol. The lowest BCUT2D eigenvalue weighted by Gasteiger charge is -2.06. The number of carbonyl (C=O) groups is 2. The molecule has 0 radical (unpaired) electrons. The van der Waals surface area contributed by atoms with Crippen LogP contribution in [0.1, 0.15) is 28.9 Å². The molecule has 1 amide bonds. The minimum atomic E-state index is -0.428. The number of thiazole rings is 1. The van der Waals surface area contributed by atoms with Crippen molar-refractivity contribution in [2.75, 3.05) is 5.32 Å². The van der Waals surface area contributed by atoms with E-state index in [1.54, 1.807) is 30.5 Å². The smallest absolute Gasteiger partial charge is 0.338 e. The number of anilines is 1. The first-order valence-electron chi connectivity index (χ1n) is 8.63. The summed E-state index contributed by atoms with van der Waals surface area (Å²) in [7, 11) is 0. The average Bonchev–Trinajstić information content (AvgIpc) is 3.46. The first-order chi connectivity index (χ1) is 13.2. The van der Waals surface area contributed by atoms with E-state index >= 15 is 0 Å². The zero-order valence-corrected chi connectivity index (χ0v) is 15.2. The Labute approximate surface area is 160 Å². The minimum absolute atomic E-state index is 0.0394. The van der Waals surface area contributed by atoms with E-state index in [9.17, 15) is 9.59 Å². The third kappa shape index (κ3) is 4.38. The third-order valence-electron chi connectivity index (χ3n) is 4.12. The van der Waals surface area contributed by atoms with Gasteiger partial charge in [0.25, 0.3) is 0 Å². The molecule has 1 saturated carbocycles. The Morgan fingerprint density at radius 3 is 2.67 bits per heavy atom. The van der Waals surface area contributed by atoms with Crippen LogP contribution in [0.2, 0.25) is 0 Å². The number of ether oxygens (including phenoxy) is 1. The van der Waals surface area contributed by atoms with Gasteiger partial charge < -0.3 is 10.1 Å². The van der Waals surface area contributed by atoms with E-state index < -0.39 is 5.97 Å². The van der Waals surface area contributed by atoms with Gasteiger partial charge in [-0.2, -0.15) is 0 Å². The number of amides is 1. The number of hydrogen-bond donors (Lipinski definition) is 1. The second kappa shape index (κ2) is 7.67. The number of nitrogens with zero attached hydrogens (tertiary/aromatic N) is 2. The van der Waals surface area contributed by atoms with Gasteiger partial charge in [0.1, 0.15) is 11.6 Å². The van der Waals surface area contributed by atoms with Crippen LogP contribution in [-0.4, -0.2) is 21.8 Å². The van der Waals surface area contributed by atoms with E-state index in [-0.39, 0.29) is 18.4 Å². The maximum Gasteiger partial charge on any atom is 0.338 e. The van der Waals surface area contributed by atoms with Gasteiger partial charge in [-0.1, -0.05) is 6.07 Å². The molecule has 3 aromatic rings. The van der Waals surface area contributed by atoms with Crippen molar-refractivity contribution < 1.29 is 14.3 Å². The van der Waals surface area contributed by atoms with Gasteiger partial charge in [-0.15, -0.1) is 11.3 Å². The monoisotopic (exact) mass is 379 g/mol. The zero-order chi connectivity index (χ0) is 18.6. The highest BCUT2D eigenvalue weighted by Gasteiger charge is 2.29. The van der Waals surface area contributed by atoms with Gasteiger partial charge in [-0.25, -0.2) is 9.78 Å². The summed E-state index contributed by atoms with van der Waals surface area (Å²) in [4.78, 5) is 32.6. The van der Waals surface area contributed by atoms with Gasteiger partial charge >= 0.3 is 5.97 Å². The molecule has 136 valence electrons. The molecule has 0 spiro atoms. The van der Waals surface area contributed by atoms with Crippen molar-refractivity contribution in [3.8, 4) is 10.7 Å². The molecule has 4 rings (SSSR count). The zero-order valence-electron chi connectivity index (χ0n) is 14.4. The maximum atomic E-state index is 12.2. The Bertz CT molecular complexity index is 950. The lowest BCUT2D eigenvalue weighted by molar-refractivity contribution is -0.117. The van der Waals surface area contributed by atoms with Crippen LogP contribution >= 0.6 is 11.3 Å². The number of pyridine rings is 1. The molecule has 6 nitrogen and oxygen atoms in total. The molecule has 7 heteroatoms. The molecule has 1 aliphatic carbocycles. The van der Waals surface area contributed by atoms with E-state index in [2.05, 4.69) is 15.3 Å². The SMILES string of the molecule is O=C(OCc1csc(-c2ccccn2)n1)c1ccc(NC(=O)C2CC2)cc1. The highest BCUT2D eigenvalue weighted by molar-refractivity contribution is 7.13. The topological polar surface area (TPSA) is 81.2 Å². The van der Waals surface area contributed by atoms with E-state index in [1.807, 2.05) is 23.6 Å². The summed E-state index contributed by atoms with van der Waals surface area (Å²) in [5.74, 6) is -0.247. The lowest BCUT2D eigenvalue weighted by Crippen LogP contribution is -2.13. The Hall–Kier alpha value is -3.06. The summed E-state index contributed by atoms with van der Waals surface area (Å²) in [6, 6.07) is 12.3. The van der Waals surface area contributed by atoms with Crippen molar-refractivity contribution in [3.63, 3.8) is 0 Å². The molecule has 0 aliphatic heterocycles. The summed E-state index contributed by atoms with van der Waals surface area (Å²) in [5, 5.41) is 5.48. The number of aromatic nitrogens is 2. The van der Waals surface area contributed by atoms with Gasteiger partial charge in [-0.05, 0) is 49.2 Å². The Morgan fingerprint density at radius 2 is 1.96 bits per heavy atom. The highest BCUT2D eigenvalue weighted by Crippen LogP contribution is 2.30. The van der Waals surface area contributed by atoms with Crippen LogP contribution in [0.4, 0.5) is 5.69 Å². The number of carbonyl (C=O) groups excluding carboxylic acids is 2. The van der Waals surface area contributed by atoms with Crippen LogP contribution in [0.15, 0.2) is 54.0 Å². The van der Waals surface area contributed by atoms with Crippen LogP contribution in [0.5, 0.6) is 0 Å².